The summed E-state index contributed by atoms with van der Waals surface area (Å²) in [6, 6.07) is 3.49. The smallest absolute Gasteiger partial charge is 0.346 e. The van der Waals surface area contributed by atoms with E-state index in [0.29, 0.717) is 0 Å². The molecule has 0 bridgehead atoms. The van der Waals surface area contributed by atoms with Gasteiger partial charge in [-0.25, -0.2) is 4.79 Å². The highest BCUT2D eigenvalue weighted by molar-refractivity contribution is 5.91. The number of carbonyl (C=O) groups is 1. The van der Waals surface area contributed by atoms with Gasteiger partial charge in [0.25, 0.3) is 0 Å². The lowest BCUT2D eigenvalue weighted by atomic mass is 10.2. The Bertz CT molecular complexity index is 474. The fraction of sp³-hybridized carbons (Fsp3) is 0. The van der Waals surface area contributed by atoms with E-state index < -0.39 is 5.97 Å². The summed E-state index contributed by atoms with van der Waals surface area (Å²) >= 11 is 0. The third-order valence-electron chi connectivity index (χ3n) is 1.75. The topological polar surface area (TPSA) is 76.9 Å². The molecule has 0 aromatic carbocycles. The zero-order valence-electron chi connectivity index (χ0n) is 8.42. The average Bonchev–Trinajstić information content (AvgIpc) is 2.75. The molecule has 4 nitrogen and oxygen atoms in total. The van der Waals surface area contributed by atoms with Crippen LogP contribution in [0.2, 0.25) is 0 Å². The van der Waals surface area contributed by atoms with E-state index in [9.17, 15) is 4.79 Å². The van der Waals surface area contributed by atoms with Crippen LogP contribution in [0.25, 0.3) is 6.08 Å². The maximum Gasteiger partial charge on any atom is 0.346 e. The van der Waals surface area contributed by atoms with Crippen LogP contribution >= 0.6 is 0 Å². The number of nitriles is 1. The molecule has 0 aliphatic heterocycles. The molecule has 0 amide bonds. The molecule has 2 N–H and O–H groups in total. The second-order valence-electron chi connectivity index (χ2n) is 2.89. The van der Waals surface area contributed by atoms with Crippen molar-refractivity contribution < 1.29 is 9.90 Å². The Balaban J connectivity index is 2.56. The fourth-order valence-corrected chi connectivity index (χ4v) is 0.979. The molecular formula is C12H10N2O2. The SMILES string of the molecule is N#CC(=CC=CC=Cc1cc[nH]c1)C(=O)O. The molecule has 1 aromatic rings. The lowest BCUT2D eigenvalue weighted by molar-refractivity contribution is -0.132. The van der Waals surface area contributed by atoms with E-state index in [1.165, 1.54) is 12.2 Å². The molecule has 0 aliphatic carbocycles. The van der Waals surface area contributed by atoms with Crippen LogP contribution in [0.5, 0.6) is 0 Å². The number of aliphatic carboxylic acids is 1. The summed E-state index contributed by atoms with van der Waals surface area (Å²) in [4.78, 5) is 13.3. The Morgan fingerprint density at radius 2 is 2.25 bits per heavy atom. The Morgan fingerprint density at radius 1 is 1.44 bits per heavy atom. The Labute approximate surface area is 92.8 Å². The molecule has 0 saturated carbocycles. The summed E-state index contributed by atoms with van der Waals surface area (Å²) in [6.45, 7) is 0. The third-order valence-corrected chi connectivity index (χ3v) is 1.75. The summed E-state index contributed by atoms with van der Waals surface area (Å²) in [7, 11) is 0. The van der Waals surface area contributed by atoms with E-state index in [-0.39, 0.29) is 5.57 Å². The van der Waals surface area contributed by atoms with E-state index in [4.69, 9.17) is 10.4 Å². The molecule has 0 radical (unpaired) electrons. The fourth-order valence-electron chi connectivity index (χ4n) is 0.979. The van der Waals surface area contributed by atoms with Crippen molar-refractivity contribution in [1.82, 2.24) is 4.98 Å². The number of carboxylic acids is 1. The van der Waals surface area contributed by atoms with Crippen LogP contribution in [0.4, 0.5) is 0 Å². The predicted molar refractivity (Wildman–Crippen MR) is 60.3 cm³/mol. The van der Waals surface area contributed by atoms with Gasteiger partial charge in [0.1, 0.15) is 11.6 Å². The number of nitrogens with zero attached hydrogens (tertiary/aromatic N) is 1. The van der Waals surface area contributed by atoms with E-state index >= 15 is 0 Å². The van der Waals surface area contributed by atoms with Crippen molar-refractivity contribution >= 4 is 12.0 Å². The summed E-state index contributed by atoms with van der Waals surface area (Å²) in [5.74, 6) is -1.22. The molecule has 0 atom stereocenters. The Hall–Kier alpha value is -2.54. The van der Waals surface area contributed by atoms with Crippen molar-refractivity contribution in [3.63, 3.8) is 0 Å². The highest BCUT2D eigenvalue weighted by atomic mass is 16.4. The van der Waals surface area contributed by atoms with Gasteiger partial charge in [0.2, 0.25) is 0 Å². The van der Waals surface area contributed by atoms with Crippen molar-refractivity contribution in [2.75, 3.05) is 0 Å². The van der Waals surface area contributed by atoms with E-state index in [1.807, 2.05) is 24.5 Å². The zero-order valence-corrected chi connectivity index (χ0v) is 8.42. The van der Waals surface area contributed by atoms with Crippen molar-refractivity contribution in [2.45, 2.75) is 0 Å². The van der Waals surface area contributed by atoms with Crippen LogP contribution in [0.3, 0.4) is 0 Å². The molecule has 1 heterocycles. The molecule has 1 rings (SSSR count). The number of hydrogen-bond donors (Lipinski definition) is 2. The summed E-state index contributed by atoms with van der Waals surface area (Å²) in [5, 5.41) is 17.0. The van der Waals surface area contributed by atoms with Crippen LogP contribution in [-0.2, 0) is 4.79 Å². The largest absolute Gasteiger partial charge is 0.477 e. The van der Waals surface area contributed by atoms with E-state index in [1.54, 1.807) is 18.2 Å². The molecule has 0 spiro atoms. The van der Waals surface area contributed by atoms with Gasteiger partial charge in [-0.3, -0.25) is 0 Å². The number of rotatable bonds is 4. The minimum absolute atomic E-state index is 0.286. The minimum atomic E-state index is -1.22. The normalized spacial score (nSPS) is 12.1. The quantitative estimate of drug-likeness (QED) is 0.458. The molecular weight excluding hydrogens is 204 g/mol. The van der Waals surface area contributed by atoms with Gasteiger partial charge >= 0.3 is 5.97 Å². The van der Waals surface area contributed by atoms with Crippen LogP contribution in [0.1, 0.15) is 5.56 Å². The number of allylic oxidation sites excluding steroid dienone is 4. The molecule has 4 heteroatoms. The van der Waals surface area contributed by atoms with Crippen LogP contribution in [-0.4, -0.2) is 16.1 Å². The maximum atomic E-state index is 10.4. The Kier molecular flexibility index (Phi) is 4.35. The minimum Gasteiger partial charge on any atom is -0.477 e. The second kappa shape index (κ2) is 6.04. The number of H-pyrrole nitrogens is 1. The van der Waals surface area contributed by atoms with Gasteiger partial charge < -0.3 is 10.1 Å². The number of nitrogens with one attached hydrogen (secondary N) is 1. The summed E-state index contributed by atoms with van der Waals surface area (Å²) in [5.41, 5.74) is 0.735. The van der Waals surface area contributed by atoms with Gasteiger partial charge in [-0.1, -0.05) is 24.3 Å². The highest BCUT2D eigenvalue weighted by Crippen LogP contribution is 1.99. The third kappa shape index (κ3) is 3.68. The number of aromatic amines is 1. The molecule has 0 saturated heterocycles. The summed E-state index contributed by atoms with van der Waals surface area (Å²) in [6.07, 6.45) is 11.7. The number of aromatic nitrogens is 1. The van der Waals surface area contributed by atoms with Gasteiger partial charge in [-0.15, -0.1) is 0 Å². The van der Waals surface area contributed by atoms with E-state index in [2.05, 4.69) is 4.98 Å². The molecule has 80 valence electrons. The molecule has 1 aromatic heterocycles. The summed E-state index contributed by atoms with van der Waals surface area (Å²) < 4.78 is 0. The maximum absolute atomic E-state index is 10.4. The molecule has 0 fully saturated rings. The monoisotopic (exact) mass is 214 g/mol. The van der Waals surface area contributed by atoms with Crippen molar-refractivity contribution in [2.24, 2.45) is 0 Å². The standard InChI is InChI=1S/C12H10N2O2/c13-8-11(12(15)16)5-3-1-2-4-10-6-7-14-9-10/h1-7,9,14H,(H,15,16). The average molecular weight is 214 g/mol. The first-order valence-corrected chi connectivity index (χ1v) is 4.55. The highest BCUT2D eigenvalue weighted by Gasteiger charge is 2.01. The predicted octanol–water partition coefficient (Wildman–Crippen LogP) is 2.12. The first-order valence-electron chi connectivity index (χ1n) is 4.55. The number of carboxylic acid groups (broad SMARTS) is 1. The van der Waals surface area contributed by atoms with Crippen molar-refractivity contribution in [3.8, 4) is 6.07 Å². The number of hydrogen-bond acceptors (Lipinski definition) is 2. The lowest BCUT2D eigenvalue weighted by Gasteiger charge is -1.84. The zero-order chi connectivity index (χ0) is 11.8. The molecule has 0 aliphatic rings. The first-order chi connectivity index (χ1) is 7.74. The van der Waals surface area contributed by atoms with Crippen LogP contribution in [0, 0.1) is 11.3 Å². The van der Waals surface area contributed by atoms with Gasteiger partial charge in [-0.2, -0.15) is 5.26 Å². The van der Waals surface area contributed by atoms with E-state index in [0.717, 1.165) is 5.56 Å². The van der Waals surface area contributed by atoms with Gasteiger partial charge in [-0.05, 0) is 17.7 Å². The lowest BCUT2D eigenvalue weighted by Crippen LogP contribution is -1.96. The second-order valence-corrected chi connectivity index (χ2v) is 2.89. The Morgan fingerprint density at radius 3 is 2.81 bits per heavy atom. The van der Waals surface area contributed by atoms with Crippen LogP contribution < -0.4 is 0 Å². The molecule has 16 heavy (non-hydrogen) atoms. The van der Waals surface area contributed by atoms with Crippen molar-refractivity contribution in [1.29, 1.82) is 5.26 Å². The van der Waals surface area contributed by atoms with Crippen LogP contribution in [0.15, 0.2) is 48.3 Å². The first kappa shape index (κ1) is 11.5. The van der Waals surface area contributed by atoms with Crippen molar-refractivity contribution in [3.05, 3.63) is 53.9 Å². The van der Waals surface area contributed by atoms with Gasteiger partial charge in [0.05, 0.1) is 0 Å². The van der Waals surface area contributed by atoms with Gasteiger partial charge in [0.15, 0.2) is 0 Å². The van der Waals surface area contributed by atoms with Gasteiger partial charge in [0, 0.05) is 12.4 Å². The molecule has 0 unspecified atom stereocenters.